The molecule has 10 N–H and O–H groups in total. The number of likely N-dealkylation sites (N-methyl/N-ethyl adjacent to an activating group) is 1. The molecule has 3 aliphatic rings. The molecule has 6 amide bonds. The highest BCUT2D eigenvalue weighted by atomic mass is 16.7. The number of ether oxygens (including phenoxy) is 9. The Morgan fingerprint density at radius 3 is 1.83 bits per heavy atom. The fourth-order valence-electron chi connectivity index (χ4n) is 8.99. The van der Waals surface area contributed by atoms with Crippen molar-refractivity contribution in [1.82, 2.24) is 36.8 Å². The summed E-state index contributed by atoms with van der Waals surface area (Å²) >= 11 is 0. The van der Waals surface area contributed by atoms with Crippen molar-refractivity contribution in [3.8, 4) is 0 Å². The summed E-state index contributed by atoms with van der Waals surface area (Å²) in [5, 5.41) is 75.2. The highest BCUT2D eigenvalue weighted by molar-refractivity contribution is 5.81. The van der Waals surface area contributed by atoms with Crippen LogP contribution >= 0.6 is 0 Å². The number of amides is 6. The van der Waals surface area contributed by atoms with Crippen LogP contribution in [0.2, 0.25) is 0 Å². The average molecular weight is 1200 g/mol. The molecular formula is C55H90N8O21. The van der Waals surface area contributed by atoms with E-state index in [-0.39, 0.29) is 57.0 Å². The van der Waals surface area contributed by atoms with Gasteiger partial charge in [0.1, 0.15) is 70.9 Å². The van der Waals surface area contributed by atoms with E-state index >= 15 is 0 Å². The van der Waals surface area contributed by atoms with E-state index in [9.17, 15) is 59.3 Å². The molecule has 2 aliphatic heterocycles. The lowest BCUT2D eigenvalue weighted by molar-refractivity contribution is -0.384. The van der Waals surface area contributed by atoms with Gasteiger partial charge in [0, 0.05) is 32.3 Å². The molecule has 12 atom stereocenters. The zero-order valence-corrected chi connectivity index (χ0v) is 50.6. The molecule has 1 aliphatic carbocycles. The third-order valence-electron chi connectivity index (χ3n) is 12.7. The standard InChI is InChI=1S/C55H90N8O21/c1-51(2,3)81-47(69)57-25-16-15-24-56-34-22-21-33(28-59-46(68)76-29-31-17-19-32(20-18-31)63(74)75)78-44(34)79-41-36(61-49(71)83-53(7,8)9)27-35(60-43(67)37(64)23-26-58-48(70)82-52(4,5)6)40(38(41)65)80-45-39(66)42(55(13,73)30-77-45)62(14)50(72)84-54(10,11)12/h17-21,34-42,44-45,56,64-66,73H,15-16,22-30H2,1-14H3,(H,57,69)(H,58,70)(H,59,68)(H,60,67)(H,61,71)/t34-,35-,36+,37+,38-,39-,40+,41-,42-,44-,45-,55+/m1/s1. The number of nitro groups is 1. The largest absolute Gasteiger partial charge is 0.466 e. The number of rotatable bonds is 22. The van der Waals surface area contributed by atoms with Gasteiger partial charge in [0.2, 0.25) is 12.2 Å². The topological polar surface area (TPSA) is 385 Å². The molecule has 2 fully saturated rings. The monoisotopic (exact) mass is 1200 g/mol. The fourth-order valence-corrected chi connectivity index (χ4v) is 8.99. The number of benzene rings is 1. The lowest BCUT2D eigenvalue weighted by atomic mass is 9.82. The number of aliphatic hydroxyl groups excluding tert-OH is 3. The van der Waals surface area contributed by atoms with Crippen molar-refractivity contribution in [3.63, 3.8) is 0 Å². The molecule has 0 unspecified atom stereocenters. The van der Waals surface area contributed by atoms with Crippen molar-refractivity contribution >= 4 is 42.1 Å². The van der Waals surface area contributed by atoms with Gasteiger partial charge in [-0.15, -0.1) is 0 Å². The van der Waals surface area contributed by atoms with E-state index < -0.39 is 143 Å². The van der Waals surface area contributed by atoms with Crippen molar-refractivity contribution in [2.45, 2.75) is 224 Å². The summed E-state index contributed by atoms with van der Waals surface area (Å²) in [6.07, 6.45) is -13.8. The lowest BCUT2D eigenvalue weighted by Crippen LogP contribution is -2.70. The number of nitrogens with one attached hydrogen (secondary N) is 6. The van der Waals surface area contributed by atoms with Crippen LogP contribution < -0.4 is 31.9 Å². The van der Waals surface area contributed by atoms with Gasteiger partial charge in [-0.2, -0.15) is 0 Å². The fraction of sp³-hybridized carbons (Fsp3) is 0.745. The van der Waals surface area contributed by atoms with Crippen LogP contribution in [0.25, 0.3) is 0 Å². The van der Waals surface area contributed by atoms with E-state index in [2.05, 4.69) is 31.9 Å². The van der Waals surface area contributed by atoms with Gasteiger partial charge in [-0.3, -0.25) is 14.9 Å². The van der Waals surface area contributed by atoms with Crippen LogP contribution in [0.3, 0.4) is 0 Å². The van der Waals surface area contributed by atoms with Crippen molar-refractivity contribution in [2.75, 3.05) is 39.8 Å². The number of nitrogens with zero attached hydrogens (tertiary/aromatic N) is 2. The summed E-state index contributed by atoms with van der Waals surface area (Å²) in [5.41, 5.74) is -5.13. The van der Waals surface area contributed by atoms with Crippen LogP contribution in [0.4, 0.5) is 29.7 Å². The third-order valence-corrected chi connectivity index (χ3v) is 12.7. The van der Waals surface area contributed by atoms with Crippen LogP contribution in [0.15, 0.2) is 36.1 Å². The highest BCUT2D eigenvalue weighted by Gasteiger charge is 2.55. The summed E-state index contributed by atoms with van der Waals surface area (Å²) < 4.78 is 52.6. The van der Waals surface area contributed by atoms with E-state index in [1.54, 1.807) is 89.2 Å². The molecule has 1 aromatic rings. The van der Waals surface area contributed by atoms with Gasteiger partial charge in [-0.1, -0.05) is 0 Å². The Morgan fingerprint density at radius 1 is 0.726 bits per heavy atom. The van der Waals surface area contributed by atoms with Gasteiger partial charge >= 0.3 is 30.5 Å². The van der Waals surface area contributed by atoms with Crippen LogP contribution in [0.5, 0.6) is 0 Å². The second-order valence-electron chi connectivity index (χ2n) is 25.0. The maximum absolute atomic E-state index is 14.0. The molecule has 84 heavy (non-hydrogen) atoms. The molecule has 29 heteroatoms. The summed E-state index contributed by atoms with van der Waals surface area (Å²) in [4.78, 5) is 90.3. The van der Waals surface area contributed by atoms with Crippen molar-refractivity contribution < 1.29 is 96.7 Å². The second-order valence-corrected chi connectivity index (χ2v) is 25.0. The third kappa shape index (κ3) is 23.6. The molecule has 1 saturated carbocycles. The van der Waals surface area contributed by atoms with Gasteiger partial charge in [0.25, 0.3) is 5.69 Å². The maximum Gasteiger partial charge on any atom is 0.410 e. The van der Waals surface area contributed by atoms with Gasteiger partial charge in [0.05, 0.1) is 42.2 Å². The molecule has 0 spiro atoms. The second kappa shape index (κ2) is 30.1. The lowest BCUT2D eigenvalue weighted by Gasteiger charge is -2.50. The molecule has 0 bridgehead atoms. The van der Waals surface area contributed by atoms with Crippen molar-refractivity contribution in [3.05, 3.63) is 51.8 Å². The first-order valence-corrected chi connectivity index (χ1v) is 27.9. The number of hydrogen-bond acceptors (Lipinski definition) is 22. The maximum atomic E-state index is 14.0. The summed E-state index contributed by atoms with van der Waals surface area (Å²) in [6.45, 7) is 20.7. The quantitative estimate of drug-likeness (QED) is 0.0343. The summed E-state index contributed by atoms with van der Waals surface area (Å²) in [7, 11) is 1.30. The van der Waals surface area contributed by atoms with Crippen molar-refractivity contribution in [1.29, 1.82) is 0 Å². The highest BCUT2D eigenvalue weighted by Crippen LogP contribution is 2.35. The van der Waals surface area contributed by atoms with E-state index in [1.165, 1.54) is 38.2 Å². The Bertz CT molecular complexity index is 2400. The minimum atomic E-state index is -1.93. The summed E-state index contributed by atoms with van der Waals surface area (Å²) in [5.74, 6) is -0.833. The Kier molecular flexibility index (Phi) is 25.2. The molecule has 2 heterocycles. The average Bonchev–Trinajstić information content (AvgIpc) is 3.57. The number of hydrogen-bond donors (Lipinski definition) is 10. The van der Waals surface area contributed by atoms with E-state index in [4.69, 9.17) is 42.6 Å². The van der Waals surface area contributed by atoms with Gasteiger partial charge in [-0.05, 0) is 152 Å². The van der Waals surface area contributed by atoms with Crippen LogP contribution in [0, 0.1) is 10.1 Å². The smallest absolute Gasteiger partial charge is 0.410 e. The first kappa shape index (κ1) is 70.1. The zero-order valence-electron chi connectivity index (χ0n) is 50.6. The number of alkyl carbamates (subject to hydrolysis) is 4. The first-order valence-electron chi connectivity index (χ1n) is 27.9. The van der Waals surface area contributed by atoms with E-state index in [1.807, 2.05) is 0 Å². The van der Waals surface area contributed by atoms with Crippen molar-refractivity contribution in [2.24, 2.45) is 0 Å². The van der Waals surface area contributed by atoms with Gasteiger partial charge in [0.15, 0.2) is 6.29 Å². The number of unbranched alkanes of at least 4 members (excludes halogenated alkanes) is 1. The molecule has 0 aromatic heterocycles. The Hall–Kier alpha value is -6.34. The minimum absolute atomic E-state index is 0.143. The molecule has 29 nitrogen and oxygen atoms in total. The molecule has 4 rings (SSSR count). The normalized spacial score (nSPS) is 25.9. The Balaban J connectivity index is 1.70. The van der Waals surface area contributed by atoms with Crippen LogP contribution in [-0.2, 0) is 54.0 Å². The predicted molar refractivity (Wildman–Crippen MR) is 299 cm³/mol. The van der Waals surface area contributed by atoms with Gasteiger partial charge < -0.3 is 99.9 Å². The number of nitro benzene ring substituents is 1. The Labute approximate surface area is 489 Å². The molecule has 476 valence electrons. The predicted octanol–water partition coefficient (Wildman–Crippen LogP) is 3.61. The molecule has 1 saturated heterocycles. The number of aliphatic hydroxyl groups is 4. The molecule has 1 aromatic carbocycles. The van der Waals surface area contributed by atoms with E-state index in [0.717, 1.165) is 4.90 Å². The number of carbonyl (C=O) groups excluding carboxylic acids is 6. The Morgan fingerprint density at radius 2 is 1.26 bits per heavy atom. The first-order chi connectivity index (χ1) is 38.8. The molecular weight excluding hydrogens is 1110 g/mol. The minimum Gasteiger partial charge on any atom is -0.466 e. The van der Waals surface area contributed by atoms with Gasteiger partial charge in [-0.25, -0.2) is 24.0 Å². The molecule has 0 radical (unpaired) electrons. The zero-order chi connectivity index (χ0) is 63.1. The van der Waals surface area contributed by atoms with Crippen LogP contribution in [0.1, 0.15) is 128 Å². The summed E-state index contributed by atoms with van der Waals surface area (Å²) in [6, 6.07) is 0.579. The SMILES string of the molecule is CN(C(=O)OC(C)(C)C)[C@@H]1[C@@H](O)[C@@H](O[C@@H]2[C@@H](O)[C@H](O[C@H]3OC(CNC(=O)OCc4ccc([N+](=O)[O-])cc4)=CC[C@H]3NCCCCNC(=O)OC(C)(C)C)[C@@H](NC(=O)OC(C)(C)C)C[C@H]2NC(=O)[C@@H](O)CCNC(=O)OC(C)(C)C)OC[C@]1(C)O. The van der Waals surface area contributed by atoms with Crippen LogP contribution in [-0.4, -0.2) is 202 Å². The number of carbonyl (C=O) groups is 6. The van der Waals surface area contributed by atoms with E-state index in [0.29, 0.717) is 24.9 Å². The number of non-ortho nitro benzene ring substituents is 1.